The topological polar surface area (TPSA) is 46.5 Å². The summed E-state index contributed by atoms with van der Waals surface area (Å²) in [6.07, 6.45) is 0. The average Bonchev–Trinajstić information content (AvgIpc) is 2.46. The highest BCUT2D eigenvalue weighted by Gasteiger charge is 2.25. The molecule has 110 valence electrons. The first-order valence-corrected chi connectivity index (χ1v) is 7.06. The Bertz CT molecular complexity index is 609. The molecule has 21 heavy (non-hydrogen) atoms. The predicted molar refractivity (Wildman–Crippen MR) is 82.5 cm³/mol. The predicted octanol–water partition coefficient (Wildman–Crippen LogP) is 3.70. The molecule has 0 spiro atoms. The van der Waals surface area contributed by atoms with E-state index in [9.17, 15) is 9.90 Å². The van der Waals surface area contributed by atoms with Crippen LogP contribution in [0.25, 0.3) is 0 Å². The van der Waals surface area contributed by atoms with Crippen LogP contribution in [0.3, 0.4) is 0 Å². The maximum Gasteiger partial charge on any atom is 0.317 e. The lowest BCUT2D eigenvalue weighted by Gasteiger charge is -2.18. The summed E-state index contributed by atoms with van der Waals surface area (Å²) in [6, 6.07) is 13.2. The zero-order valence-electron chi connectivity index (χ0n) is 12.6. The summed E-state index contributed by atoms with van der Waals surface area (Å²) in [6.45, 7) is 5.81. The van der Waals surface area contributed by atoms with Gasteiger partial charge in [0, 0.05) is 0 Å². The number of ether oxygens (including phenoxy) is 1. The fourth-order valence-corrected chi connectivity index (χ4v) is 2.49. The Morgan fingerprint density at radius 1 is 1.10 bits per heavy atom. The summed E-state index contributed by atoms with van der Waals surface area (Å²) in [5, 5.41) is 9.91. The van der Waals surface area contributed by atoms with Crippen molar-refractivity contribution in [2.24, 2.45) is 0 Å². The Labute approximate surface area is 125 Å². The molecule has 1 N–H and O–H groups in total. The number of esters is 1. The van der Waals surface area contributed by atoms with Crippen LogP contribution in [0, 0.1) is 13.8 Å². The first kappa shape index (κ1) is 15.1. The highest BCUT2D eigenvalue weighted by atomic mass is 16.5. The largest absolute Gasteiger partial charge is 0.507 e. The monoisotopic (exact) mass is 284 g/mol. The van der Waals surface area contributed by atoms with Crippen LogP contribution >= 0.6 is 0 Å². The number of aromatic hydroxyl groups is 1. The molecule has 0 fully saturated rings. The van der Waals surface area contributed by atoms with E-state index in [-0.39, 0.29) is 11.7 Å². The number of hydrogen-bond acceptors (Lipinski definition) is 3. The summed E-state index contributed by atoms with van der Waals surface area (Å²) >= 11 is 0. The zero-order valence-corrected chi connectivity index (χ0v) is 12.6. The van der Waals surface area contributed by atoms with E-state index in [1.165, 1.54) is 0 Å². The first-order chi connectivity index (χ1) is 10.0. The van der Waals surface area contributed by atoms with E-state index in [1.807, 2.05) is 56.3 Å². The third kappa shape index (κ3) is 3.24. The fraction of sp³-hybridized carbons (Fsp3) is 0.278. The number of carbonyl (C=O) groups is 1. The van der Waals surface area contributed by atoms with Gasteiger partial charge < -0.3 is 9.84 Å². The van der Waals surface area contributed by atoms with Gasteiger partial charge in [0.25, 0.3) is 0 Å². The van der Waals surface area contributed by atoms with Crippen molar-refractivity contribution in [2.45, 2.75) is 26.7 Å². The lowest BCUT2D eigenvalue weighted by atomic mass is 9.89. The summed E-state index contributed by atoms with van der Waals surface area (Å²) < 4.78 is 5.22. The molecule has 1 atom stereocenters. The van der Waals surface area contributed by atoms with Gasteiger partial charge in [0.05, 0.1) is 6.61 Å². The molecule has 0 radical (unpaired) electrons. The van der Waals surface area contributed by atoms with Crippen LogP contribution < -0.4 is 0 Å². The van der Waals surface area contributed by atoms with E-state index in [1.54, 1.807) is 6.92 Å². The van der Waals surface area contributed by atoms with Crippen LogP contribution in [0.5, 0.6) is 5.75 Å². The van der Waals surface area contributed by atoms with Crippen molar-refractivity contribution in [1.29, 1.82) is 0 Å². The molecule has 2 aromatic rings. The third-order valence-electron chi connectivity index (χ3n) is 3.50. The van der Waals surface area contributed by atoms with E-state index in [0.717, 1.165) is 22.3 Å². The lowest BCUT2D eigenvalue weighted by molar-refractivity contribution is -0.143. The number of aryl methyl sites for hydroxylation is 2. The molecule has 0 saturated heterocycles. The third-order valence-corrected chi connectivity index (χ3v) is 3.50. The highest BCUT2D eigenvalue weighted by molar-refractivity contribution is 5.82. The summed E-state index contributed by atoms with van der Waals surface area (Å²) in [7, 11) is 0. The molecule has 3 nitrogen and oxygen atoms in total. The number of hydrogen-bond donors (Lipinski definition) is 1. The van der Waals surface area contributed by atoms with Crippen LogP contribution in [-0.2, 0) is 9.53 Å². The van der Waals surface area contributed by atoms with E-state index < -0.39 is 5.92 Å². The van der Waals surface area contributed by atoms with Crippen molar-refractivity contribution in [2.75, 3.05) is 6.61 Å². The second-order valence-corrected chi connectivity index (χ2v) is 5.10. The van der Waals surface area contributed by atoms with E-state index in [0.29, 0.717) is 6.61 Å². The molecule has 0 aliphatic carbocycles. The van der Waals surface area contributed by atoms with Gasteiger partial charge in [-0.2, -0.15) is 0 Å². The maximum atomic E-state index is 12.4. The van der Waals surface area contributed by atoms with Gasteiger partial charge in [-0.3, -0.25) is 4.79 Å². The van der Waals surface area contributed by atoms with Gasteiger partial charge in [-0.05, 0) is 43.0 Å². The summed E-state index contributed by atoms with van der Waals surface area (Å²) in [5.74, 6) is -0.466. The Kier molecular flexibility index (Phi) is 4.63. The SMILES string of the molecule is CCOC(=O)C(c1ccccc1)c1cc(C)c(O)c(C)c1. The number of phenols is 1. The molecule has 2 rings (SSSR count). The lowest BCUT2D eigenvalue weighted by Crippen LogP contribution is -2.17. The number of phenolic OH excluding ortho intramolecular Hbond substituents is 1. The molecular weight excluding hydrogens is 264 g/mol. The van der Waals surface area contributed by atoms with Crippen molar-refractivity contribution in [3.05, 3.63) is 64.7 Å². The van der Waals surface area contributed by atoms with Gasteiger partial charge in [-0.25, -0.2) is 0 Å². The van der Waals surface area contributed by atoms with Crippen molar-refractivity contribution in [3.63, 3.8) is 0 Å². The van der Waals surface area contributed by atoms with Crippen molar-refractivity contribution < 1.29 is 14.6 Å². The van der Waals surface area contributed by atoms with Gasteiger partial charge in [-0.15, -0.1) is 0 Å². The van der Waals surface area contributed by atoms with Crippen LogP contribution in [0.4, 0.5) is 0 Å². The maximum absolute atomic E-state index is 12.4. The molecule has 0 heterocycles. The molecule has 2 aromatic carbocycles. The highest BCUT2D eigenvalue weighted by Crippen LogP contribution is 2.31. The normalized spacial score (nSPS) is 12.0. The van der Waals surface area contributed by atoms with Crippen LogP contribution in [0.15, 0.2) is 42.5 Å². The number of benzene rings is 2. The van der Waals surface area contributed by atoms with Crippen molar-refractivity contribution >= 4 is 5.97 Å². The molecule has 0 aromatic heterocycles. The van der Waals surface area contributed by atoms with Gasteiger partial charge in [0.15, 0.2) is 0 Å². The Balaban J connectivity index is 2.52. The smallest absolute Gasteiger partial charge is 0.317 e. The second kappa shape index (κ2) is 6.44. The number of carbonyl (C=O) groups excluding carboxylic acids is 1. The minimum atomic E-state index is -0.468. The molecule has 0 saturated carbocycles. The summed E-state index contributed by atoms with van der Waals surface area (Å²) in [4.78, 5) is 12.4. The van der Waals surface area contributed by atoms with Crippen molar-refractivity contribution in [1.82, 2.24) is 0 Å². The van der Waals surface area contributed by atoms with Crippen molar-refractivity contribution in [3.8, 4) is 5.75 Å². The van der Waals surface area contributed by atoms with Gasteiger partial charge in [0.2, 0.25) is 0 Å². The van der Waals surface area contributed by atoms with Gasteiger partial charge in [-0.1, -0.05) is 42.5 Å². The standard InChI is InChI=1S/C18H20O3/c1-4-21-18(20)16(14-8-6-5-7-9-14)15-10-12(2)17(19)13(3)11-15/h5-11,16,19H,4H2,1-3H3. The first-order valence-electron chi connectivity index (χ1n) is 7.06. The molecule has 0 bridgehead atoms. The van der Waals surface area contributed by atoms with E-state index in [4.69, 9.17) is 4.74 Å². The fourth-order valence-electron chi connectivity index (χ4n) is 2.49. The van der Waals surface area contributed by atoms with Crippen LogP contribution in [0.1, 0.15) is 35.1 Å². The van der Waals surface area contributed by atoms with Crippen LogP contribution in [-0.4, -0.2) is 17.7 Å². The van der Waals surface area contributed by atoms with Gasteiger partial charge >= 0.3 is 5.97 Å². The molecule has 0 aliphatic heterocycles. The van der Waals surface area contributed by atoms with E-state index in [2.05, 4.69) is 0 Å². The molecule has 0 aliphatic rings. The Morgan fingerprint density at radius 2 is 1.67 bits per heavy atom. The zero-order chi connectivity index (χ0) is 15.4. The summed E-state index contributed by atoms with van der Waals surface area (Å²) in [5.41, 5.74) is 3.25. The second-order valence-electron chi connectivity index (χ2n) is 5.10. The molecule has 1 unspecified atom stereocenters. The molecule has 3 heteroatoms. The van der Waals surface area contributed by atoms with E-state index >= 15 is 0 Å². The number of rotatable bonds is 4. The molecule has 0 amide bonds. The Hall–Kier alpha value is -2.29. The van der Waals surface area contributed by atoms with Crippen LogP contribution in [0.2, 0.25) is 0 Å². The molecular formula is C18H20O3. The Morgan fingerprint density at radius 3 is 2.19 bits per heavy atom. The minimum absolute atomic E-state index is 0.270. The quantitative estimate of drug-likeness (QED) is 0.871. The van der Waals surface area contributed by atoms with Gasteiger partial charge in [0.1, 0.15) is 11.7 Å². The minimum Gasteiger partial charge on any atom is -0.507 e. The average molecular weight is 284 g/mol.